The maximum absolute atomic E-state index is 12.1. The van der Waals surface area contributed by atoms with E-state index in [1.54, 1.807) is 23.1 Å². The van der Waals surface area contributed by atoms with Gasteiger partial charge in [0.25, 0.3) is 5.91 Å². The summed E-state index contributed by atoms with van der Waals surface area (Å²) in [5.74, 6) is 0.616. The van der Waals surface area contributed by atoms with E-state index >= 15 is 0 Å². The fourth-order valence-corrected chi connectivity index (χ4v) is 2.04. The van der Waals surface area contributed by atoms with Crippen molar-refractivity contribution < 1.29 is 14.6 Å². The highest BCUT2D eigenvalue weighted by Crippen LogP contribution is 2.26. The van der Waals surface area contributed by atoms with Crippen LogP contribution in [0.3, 0.4) is 0 Å². The molecule has 1 aliphatic rings. The zero-order valence-corrected chi connectivity index (χ0v) is 10.3. The second kappa shape index (κ2) is 4.94. The first-order valence-corrected chi connectivity index (χ1v) is 5.77. The summed E-state index contributed by atoms with van der Waals surface area (Å²) in [5, 5.41) is 9.43. The van der Waals surface area contributed by atoms with Crippen molar-refractivity contribution in [3.8, 4) is 5.75 Å². The molecule has 1 aromatic rings. The highest BCUT2D eigenvalue weighted by atomic mass is 35.5. The van der Waals surface area contributed by atoms with Gasteiger partial charge in [-0.2, -0.15) is 0 Å². The molecule has 0 bridgehead atoms. The first-order valence-electron chi connectivity index (χ1n) is 5.39. The van der Waals surface area contributed by atoms with Crippen molar-refractivity contribution in [2.24, 2.45) is 5.92 Å². The average Bonchev–Trinajstić information content (AvgIpc) is 2.27. The van der Waals surface area contributed by atoms with Crippen LogP contribution < -0.4 is 4.74 Å². The van der Waals surface area contributed by atoms with Crippen LogP contribution in [0.5, 0.6) is 5.75 Å². The van der Waals surface area contributed by atoms with Crippen LogP contribution in [0.2, 0.25) is 5.02 Å². The van der Waals surface area contributed by atoms with E-state index in [0.29, 0.717) is 29.4 Å². The summed E-state index contributed by atoms with van der Waals surface area (Å²) in [6.07, 6.45) is 0. The molecule has 1 amide bonds. The SMILES string of the molecule is COc1ccc(Cl)cc1C(=O)N1CC(CO)C1. The summed E-state index contributed by atoms with van der Waals surface area (Å²) in [6, 6.07) is 4.97. The van der Waals surface area contributed by atoms with E-state index in [0.717, 1.165) is 0 Å². The molecule has 92 valence electrons. The van der Waals surface area contributed by atoms with Gasteiger partial charge in [0.15, 0.2) is 0 Å². The number of ether oxygens (including phenoxy) is 1. The number of aliphatic hydroxyl groups excluding tert-OH is 1. The van der Waals surface area contributed by atoms with Gasteiger partial charge in [0, 0.05) is 30.6 Å². The molecule has 5 heteroatoms. The zero-order valence-electron chi connectivity index (χ0n) is 9.52. The molecule has 17 heavy (non-hydrogen) atoms. The first kappa shape index (κ1) is 12.2. The molecule has 4 nitrogen and oxygen atoms in total. The number of halogens is 1. The lowest BCUT2D eigenvalue weighted by Gasteiger charge is -2.38. The smallest absolute Gasteiger partial charge is 0.257 e. The van der Waals surface area contributed by atoms with Gasteiger partial charge in [-0.1, -0.05) is 11.6 Å². The topological polar surface area (TPSA) is 49.8 Å². The number of likely N-dealkylation sites (tertiary alicyclic amines) is 1. The van der Waals surface area contributed by atoms with E-state index in [2.05, 4.69) is 0 Å². The van der Waals surface area contributed by atoms with Gasteiger partial charge in [0.2, 0.25) is 0 Å². The van der Waals surface area contributed by atoms with Crippen molar-refractivity contribution in [2.45, 2.75) is 0 Å². The summed E-state index contributed by atoms with van der Waals surface area (Å²) in [6.45, 7) is 1.30. The lowest BCUT2D eigenvalue weighted by molar-refractivity contribution is 0.0359. The van der Waals surface area contributed by atoms with Crippen LogP contribution in [-0.2, 0) is 0 Å². The number of carbonyl (C=O) groups is 1. The van der Waals surface area contributed by atoms with Crippen molar-refractivity contribution in [3.63, 3.8) is 0 Å². The fraction of sp³-hybridized carbons (Fsp3) is 0.417. The van der Waals surface area contributed by atoms with Crippen LogP contribution in [0.4, 0.5) is 0 Å². The number of carbonyl (C=O) groups excluding carboxylic acids is 1. The predicted octanol–water partition coefficient (Wildman–Crippen LogP) is 1.41. The van der Waals surface area contributed by atoms with E-state index in [9.17, 15) is 4.79 Å². The molecule has 0 spiro atoms. The predicted molar refractivity (Wildman–Crippen MR) is 64.5 cm³/mol. The number of methoxy groups -OCH3 is 1. The Kier molecular flexibility index (Phi) is 3.54. The largest absolute Gasteiger partial charge is 0.496 e. The van der Waals surface area contributed by atoms with E-state index in [1.807, 2.05) is 0 Å². The van der Waals surface area contributed by atoms with Gasteiger partial charge >= 0.3 is 0 Å². The summed E-state index contributed by atoms with van der Waals surface area (Å²) in [5.41, 5.74) is 0.469. The molecule has 0 saturated carbocycles. The van der Waals surface area contributed by atoms with Gasteiger partial charge in [-0.05, 0) is 18.2 Å². The highest BCUT2D eigenvalue weighted by Gasteiger charge is 2.31. The van der Waals surface area contributed by atoms with Gasteiger partial charge in [0.05, 0.1) is 12.7 Å². The summed E-state index contributed by atoms with van der Waals surface area (Å²) >= 11 is 5.87. The average molecular weight is 256 g/mol. The van der Waals surface area contributed by atoms with E-state index in [-0.39, 0.29) is 18.4 Å². The molecular formula is C12H14ClNO3. The van der Waals surface area contributed by atoms with Gasteiger partial charge in [0.1, 0.15) is 5.75 Å². The molecule has 1 fully saturated rings. The molecule has 2 rings (SSSR count). The lowest BCUT2D eigenvalue weighted by Crippen LogP contribution is -2.51. The summed E-state index contributed by atoms with van der Waals surface area (Å²) in [4.78, 5) is 13.8. The number of rotatable bonds is 3. The Labute approximate surface area is 105 Å². The standard InChI is InChI=1S/C12H14ClNO3/c1-17-11-3-2-9(13)4-10(11)12(16)14-5-8(6-14)7-15/h2-4,8,15H,5-7H2,1H3. The van der Waals surface area contributed by atoms with Crippen molar-refractivity contribution in [2.75, 3.05) is 26.8 Å². The minimum Gasteiger partial charge on any atom is -0.496 e. The monoisotopic (exact) mass is 255 g/mol. The third kappa shape index (κ3) is 2.37. The van der Waals surface area contributed by atoms with E-state index < -0.39 is 0 Å². The second-order valence-corrected chi connectivity index (χ2v) is 4.54. The van der Waals surface area contributed by atoms with Crippen LogP contribution in [0.15, 0.2) is 18.2 Å². The molecular weight excluding hydrogens is 242 g/mol. The van der Waals surface area contributed by atoms with Crippen LogP contribution in [0.25, 0.3) is 0 Å². The number of nitrogens with zero attached hydrogens (tertiary/aromatic N) is 1. The number of hydrogen-bond donors (Lipinski definition) is 1. The quantitative estimate of drug-likeness (QED) is 0.889. The van der Waals surface area contributed by atoms with Crippen LogP contribution >= 0.6 is 11.6 Å². The molecule has 0 radical (unpaired) electrons. The maximum atomic E-state index is 12.1. The van der Waals surface area contributed by atoms with E-state index in [1.165, 1.54) is 7.11 Å². The number of amides is 1. The van der Waals surface area contributed by atoms with E-state index in [4.69, 9.17) is 21.4 Å². The van der Waals surface area contributed by atoms with Gasteiger partial charge in [-0.15, -0.1) is 0 Å². The maximum Gasteiger partial charge on any atom is 0.257 e. The van der Waals surface area contributed by atoms with Gasteiger partial charge in [-0.3, -0.25) is 4.79 Å². The Balaban J connectivity index is 2.16. The Bertz CT molecular complexity index is 430. The van der Waals surface area contributed by atoms with Crippen LogP contribution in [-0.4, -0.2) is 42.7 Å². The molecule has 1 aromatic carbocycles. The Hall–Kier alpha value is -1.26. The third-order valence-electron chi connectivity index (χ3n) is 2.89. The lowest BCUT2D eigenvalue weighted by atomic mass is 10.00. The molecule has 1 N–H and O–H groups in total. The number of hydrogen-bond acceptors (Lipinski definition) is 3. The van der Waals surface area contributed by atoms with Crippen molar-refractivity contribution in [3.05, 3.63) is 28.8 Å². The Morgan fingerprint density at radius 2 is 2.29 bits per heavy atom. The van der Waals surface area contributed by atoms with Gasteiger partial charge < -0.3 is 14.7 Å². The first-order chi connectivity index (χ1) is 8.15. The fourth-order valence-electron chi connectivity index (χ4n) is 1.87. The third-order valence-corrected chi connectivity index (χ3v) is 3.13. The second-order valence-electron chi connectivity index (χ2n) is 4.10. The highest BCUT2D eigenvalue weighted by molar-refractivity contribution is 6.31. The molecule has 1 aliphatic heterocycles. The van der Waals surface area contributed by atoms with Crippen molar-refractivity contribution in [1.29, 1.82) is 0 Å². The van der Waals surface area contributed by atoms with Crippen LogP contribution in [0, 0.1) is 5.92 Å². The van der Waals surface area contributed by atoms with Crippen molar-refractivity contribution >= 4 is 17.5 Å². The van der Waals surface area contributed by atoms with Gasteiger partial charge in [-0.25, -0.2) is 0 Å². The molecule has 0 unspecified atom stereocenters. The zero-order chi connectivity index (χ0) is 12.4. The Morgan fingerprint density at radius 1 is 1.59 bits per heavy atom. The molecule has 0 aliphatic carbocycles. The Morgan fingerprint density at radius 3 is 2.88 bits per heavy atom. The number of aliphatic hydroxyl groups is 1. The minimum atomic E-state index is -0.103. The van der Waals surface area contributed by atoms with Crippen LogP contribution in [0.1, 0.15) is 10.4 Å². The van der Waals surface area contributed by atoms with Crippen molar-refractivity contribution in [1.82, 2.24) is 4.90 Å². The summed E-state index contributed by atoms with van der Waals surface area (Å²) in [7, 11) is 1.52. The number of benzene rings is 1. The normalized spacial score (nSPS) is 15.6. The minimum absolute atomic E-state index is 0.103. The summed E-state index contributed by atoms with van der Waals surface area (Å²) < 4.78 is 5.14. The molecule has 0 aromatic heterocycles. The molecule has 1 heterocycles. The molecule has 0 atom stereocenters. The molecule has 1 saturated heterocycles.